The molecule has 44 heavy (non-hydrogen) atoms. The van der Waals surface area contributed by atoms with Gasteiger partial charge in [0.25, 0.3) is 0 Å². The van der Waals surface area contributed by atoms with Gasteiger partial charge in [0.15, 0.2) is 6.04 Å². The summed E-state index contributed by atoms with van der Waals surface area (Å²) in [4.78, 5) is 51.2. The summed E-state index contributed by atoms with van der Waals surface area (Å²) in [6.45, 7) is 8.08. The molecule has 0 bridgehead atoms. The van der Waals surface area contributed by atoms with Crippen molar-refractivity contribution in [3.05, 3.63) is 84.2 Å². The van der Waals surface area contributed by atoms with Gasteiger partial charge in [-0.25, -0.2) is 9.59 Å². The quantitative estimate of drug-likeness (QED) is 0.226. The zero-order valence-corrected chi connectivity index (χ0v) is 25.7. The highest BCUT2D eigenvalue weighted by atomic mass is 16.6. The van der Waals surface area contributed by atoms with E-state index in [1.807, 2.05) is 30.3 Å². The lowest BCUT2D eigenvalue weighted by Crippen LogP contribution is -2.59. The molecule has 0 radical (unpaired) electrons. The van der Waals surface area contributed by atoms with Gasteiger partial charge in [-0.05, 0) is 63.9 Å². The van der Waals surface area contributed by atoms with Crippen LogP contribution in [-0.2, 0) is 30.5 Å². The van der Waals surface area contributed by atoms with Crippen LogP contribution < -0.4 is 20.7 Å². The molecule has 3 rings (SSSR count). The van der Waals surface area contributed by atoms with Gasteiger partial charge in [-0.1, -0.05) is 42.5 Å². The Morgan fingerprint density at radius 3 is 2.18 bits per heavy atom. The van der Waals surface area contributed by atoms with E-state index >= 15 is 0 Å². The summed E-state index contributed by atoms with van der Waals surface area (Å²) < 4.78 is 17.6. The number of hydrogen-bond donors (Lipinski definition) is 4. The molecule has 0 aliphatic rings. The molecule has 0 fully saturated rings. The third-order valence-corrected chi connectivity index (χ3v) is 6.34. The summed E-state index contributed by atoms with van der Waals surface area (Å²) in [6.07, 6.45) is 2.23. The third kappa shape index (κ3) is 9.87. The molecule has 3 amide bonds. The molecule has 3 aromatic rings. The van der Waals surface area contributed by atoms with Gasteiger partial charge in [-0.15, -0.1) is 0 Å². The Morgan fingerprint density at radius 1 is 0.932 bits per heavy atom. The number of benzene rings is 2. The number of rotatable bonds is 13. The van der Waals surface area contributed by atoms with Gasteiger partial charge in [-0.3, -0.25) is 9.59 Å². The van der Waals surface area contributed by atoms with E-state index < -0.39 is 47.1 Å². The number of nitrogens with one attached hydrogen (secondary N) is 3. The Balaban J connectivity index is 1.76. The third-order valence-electron chi connectivity index (χ3n) is 6.34. The van der Waals surface area contributed by atoms with E-state index in [0.29, 0.717) is 17.0 Å². The first-order chi connectivity index (χ1) is 20.7. The molecule has 0 aliphatic carbocycles. The molecule has 0 aliphatic heterocycles. The Hall–Kier alpha value is -4.84. The molecule has 236 valence electrons. The molecular weight excluding hydrogens is 568 g/mol. The zero-order valence-electron chi connectivity index (χ0n) is 25.7. The molecule has 0 spiro atoms. The van der Waals surface area contributed by atoms with Gasteiger partial charge in [0.2, 0.25) is 11.8 Å². The van der Waals surface area contributed by atoms with Crippen LogP contribution in [0.25, 0.3) is 0 Å². The molecule has 12 nitrogen and oxygen atoms in total. The van der Waals surface area contributed by atoms with Crippen molar-refractivity contribution in [3.8, 4) is 5.75 Å². The van der Waals surface area contributed by atoms with Crippen LogP contribution in [0.1, 0.15) is 51.8 Å². The van der Waals surface area contributed by atoms with Crippen molar-refractivity contribution in [1.29, 1.82) is 0 Å². The fourth-order valence-corrected chi connectivity index (χ4v) is 4.11. The first kappa shape index (κ1) is 33.7. The Labute approximate surface area is 256 Å². The number of carbonyl (C=O) groups excluding carboxylic acids is 3. The van der Waals surface area contributed by atoms with E-state index in [9.17, 15) is 24.3 Å². The molecular formula is C32H40N4O8. The number of aromatic nitrogens is 1. The van der Waals surface area contributed by atoms with Gasteiger partial charge in [0.1, 0.15) is 22.9 Å². The summed E-state index contributed by atoms with van der Waals surface area (Å²) in [5, 5.41) is 17.8. The van der Waals surface area contributed by atoms with Crippen LogP contribution >= 0.6 is 0 Å². The highest BCUT2D eigenvalue weighted by molar-refractivity contribution is 5.99. The van der Waals surface area contributed by atoms with Gasteiger partial charge < -0.3 is 39.8 Å². The van der Waals surface area contributed by atoms with Crippen LogP contribution in [-0.4, -0.2) is 64.4 Å². The molecule has 1 heterocycles. The minimum Gasteiger partial charge on any atom is -0.497 e. The highest BCUT2D eigenvalue weighted by Crippen LogP contribution is 2.24. The number of hydrogen-bond acceptors (Lipinski definition) is 7. The first-order valence-electron chi connectivity index (χ1n) is 14.0. The number of carboxylic acid groups (broad SMARTS) is 1. The van der Waals surface area contributed by atoms with Crippen LogP contribution in [0.2, 0.25) is 0 Å². The van der Waals surface area contributed by atoms with E-state index in [-0.39, 0.29) is 13.2 Å². The van der Waals surface area contributed by atoms with E-state index in [2.05, 4.69) is 16.0 Å². The van der Waals surface area contributed by atoms with Gasteiger partial charge in [0.05, 0.1) is 26.0 Å². The average Bonchev–Trinajstić information content (AvgIpc) is 3.39. The minimum absolute atomic E-state index is 0.181. The summed E-state index contributed by atoms with van der Waals surface area (Å²) in [7, 11) is 1.52. The van der Waals surface area contributed by atoms with Crippen molar-refractivity contribution >= 4 is 29.6 Å². The molecule has 0 saturated carbocycles. The fraction of sp³-hybridized carbons (Fsp3) is 0.375. The zero-order chi connectivity index (χ0) is 32.5. The number of aliphatic carboxylic acids is 1. The largest absolute Gasteiger partial charge is 0.497 e. The van der Waals surface area contributed by atoms with Crippen molar-refractivity contribution in [2.45, 2.75) is 64.4 Å². The number of carboxylic acids is 1. The summed E-state index contributed by atoms with van der Waals surface area (Å²) in [5.74, 6) is -1.75. The average molecular weight is 609 g/mol. The maximum absolute atomic E-state index is 13.4. The second kappa shape index (κ2) is 14.6. The van der Waals surface area contributed by atoms with Crippen molar-refractivity contribution in [2.75, 3.05) is 19.0 Å². The molecule has 12 heteroatoms. The number of methoxy groups -OCH3 is 1. The molecule has 2 aromatic carbocycles. The van der Waals surface area contributed by atoms with E-state index in [1.165, 1.54) is 37.9 Å². The molecule has 1 aromatic heterocycles. The van der Waals surface area contributed by atoms with Crippen LogP contribution in [0.15, 0.2) is 73.1 Å². The van der Waals surface area contributed by atoms with E-state index in [1.54, 1.807) is 51.1 Å². The lowest BCUT2D eigenvalue weighted by molar-refractivity contribution is -0.139. The minimum atomic E-state index is -1.43. The van der Waals surface area contributed by atoms with Crippen molar-refractivity contribution in [1.82, 2.24) is 15.2 Å². The number of anilines is 1. The van der Waals surface area contributed by atoms with Crippen molar-refractivity contribution in [2.24, 2.45) is 0 Å². The number of ether oxygens (including phenoxy) is 3. The number of amides is 3. The Kier molecular flexibility index (Phi) is 11.1. The second-order valence-electron chi connectivity index (χ2n) is 11.6. The lowest BCUT2D eigenvalue weighted by Gasteiger charge is -2.29. The number of carbonyl (C=O) groups is 4. The predicted molar refractivity (Wildman–Crippen MR) is 163 cm³/mol. The number of nitrogens with zero attached hydrogens (tertiary/aromatic N) is 1. The summed E-state index contributed by atoms with van der Waals surface area (Å²) in [6, 6.07) is 15.3. The second-order valence-corrected chi connectivity index (χ2v) is 11.6. The van der Waals surface area contributed by atoms with Crippen molar-refractivity contribution < 1.29 is 38.5 Å². The first-order valence-corrected chi connectivity index (χ1v) is 14.0. The number of alkyl carbamates (subject to hydrolysis) is 1. The summed E-state index contributed by atoms with van der Waals surface area (Å²) >= 11 is 0. The molecule has 4 N–H and O–H groups in total. The normalized spacial score (nSPS) is 12.9. The topological polar surface area (TPSA) is 157 Å². The standard InChI is InChI=1S/C32H40N4O8/c1-31(2,3)44-30(41)35-32(4,5)29(40)34-25(20-43-19-21-10-8-7-9-11-21)27(37)33-23-16-17-36(18-23)26(28(38)39)22-12-14-24(42-6)15-13-22/h7-18,25-26H,19-20H2,1-6H3,(H,33,37)(H,34,40)(H,35,41)(H,38,39)/t25-,26?/m1/s1. The molecule has 1 unspecified atom stereocenters. The monoisotopic (exact) mass is 608 g/mol. The predicted octanol–water partition coefficient (Wildman–Crippen LogP) is 4.11. The molecule has 0 saturated heterocycles. The lowest BCUT2D eigenvalue weighted by atomic mass is 10.0. The highest BCUT2D eigenvalue weighted by Gasteiger charge is 2.34. The SMILES string of the molecule is COc1ccc(C(C(=O)O)n2ccc(NC(=O)[C@@H](COCc3ccccc3)NC(=O)C(C)(C)NC(=O)OC(C)(C)C)c2)cc1. The van der Waals surface area contributed by atoms with E-state index in [4.69, 9.17) is 14.2 Å². The van der Waals surface area contributed by atoms with Gasteiger partial charge >= 0.3 is 12.1 Å². The van der Waals surface area contributed by atoms with Crippen LogP contribution in [0.5, 0.6) is 5.75 Å². The maximum atomic E-state index is 13.4. The van der Waals surface area contributed by atoms with Crippen molar-refractivity contribution in [3.63, 3.8) is 0 Å². The maximum Gasteiger partial charge on any atom is 0.408 e. The van der Waals surface area contributed by atoms with Crippen LogP contribution in [0.4, 0.5) is 10.5 Å². The van der Waals surface area contributed by atoms with Crippen LogP contribution in [0.3, 0.4) is 0 Å². The Bertz CT molecular complexity index is 1430. The van der Waals surface area contributed by atoms with E-state index in [0.717, 1.165) is 5.56 Å². The Morgan fingerprint density at radius 2 is 1.59 bits per heavy atom. The van der Waals surface area contributed by atoms with Gasteiger partial charge in [-0.2, -0.15) is 0 Å². The summed E-state index contributed by atoms with van der Waals surface area (Å²) in [5.41, 5.74) is -0.515. The molecule has 2 atom stereocenters. The van der Waals surface area contributed by atoms with Crippen LogP contribution in [0, 0.1) is 0 Å². The fourth-order valence-electron chi connectivity index (χ4n) is 4.11. The smallest absolute Gasteiger partial charge is 0.408 e. The van der Waals surface area contributed by atoms with Gasteiger partial charge in [0, 0.05) is 12.4 Å².